The number of hydrogen-bond donors (Lipinski definition) is 1. The Morgan fingerprint density at radius 2 is 1.89 bits per heavy atom. The minimum Gasteiger partial charge on any atom is -0.336 e. The summed E-state index contributed by atoms with van der Waals surface area (Å²) < 4.78 is 1.73. The van der Waals surface area contributed by atoms with Gasteiger partial charge in [-0.05, 0) is 23.7 Å². The van der Waals surface area contributed by atoms with Crippen molar-refractivity contribution < 1.29 is 4.79 Å². The summed E-state index contributed by atoms with van der Waals surface area (Å²) in [5.74, 6) is 0.271. The van der Waals surface area contributed by atoms with Crippen LogP contribution in [0.25, 0.3) is 0 Å². The Morgan fingerprint density at radius 3 is 2.59 bits per heavy atom. The van der Waals surface area contributed by atoms with Crippen LogP contribution < -0.4 is 5.32 Å². The van der Waals surface area contributed by atoms with Gasteiger partial charge in [0.15, 0.2) is 0 Å². The lowest BCUT2D eigenvalue weighted by atomic mass is 9.84. The van der Waals surface area contributed by atoms with Crippen molar-refractivity contribution in [3.8, 4) is 0 Å². The number of aromatic nitrogens is 2. The summed E-state index contributed by atoms with van der Waals surface area (Å²) in [5, 5.41) is 7.38. The normalized spacial score (nSPS) is 17.4. The number of aryl methyl sites for hydroxylation is 1. The van der Waals surface area contributed by atoms with Crippen LogP contribution in [0.3, 0.4) is 0 Å². The lowest BCUT2D eigenvalue weighted by Gasteiger charge is -2.36. The van der Waals surface area contributed by atoms with Gasteiger partial charge in [0.2, 0.25) is 5.91 Å². The number of carbonyl (C=O) groups excluding carboxylic acids is 1. The highest BCUT2D eigenvalue weighted by Crippen LogP contribution is 2.34. The van der Waals surface area contributed by atoms with Crippen LogP contribution in [0, 0.1) is 0 Å². The van der Waals surface area contributed by atoms with Gasteiger partial charge < -0.3 is 10.2 Å². The highest BCUT2D eigenvalue weighted by atomic mass is 16.2. The first-order chi connectivity index (χ1) is 13.2. The van der Waals surface area contributed by atoms with E-state index in [4.69, 9.17) is 0 Å². The van der Waals surface area contributed by atoms with Gasteiger partial charge in [0, 0.05) is 37.8 Å². The van der Waals surface area contributed by atoms with Crippen LogP contribution in [0.5, 0.6) is 0 Å². The molecule has 0 bridgehead atoms. The van der Waals surface area contributed by atoms with Crippen molar-refractivity contribution in [2.24, 2.45) is 7.05 Å². The molecule has 1 aromatic heterocycles. The molecule has 0 aliphatic carbocycles. The molecular formula is C22H24N4O. The highest BCUT2D eigenvalue weighted by molar-refractivity contribution is 5.83. The molecule has 1 N–H and O–H groups in total. The molecule has 3 aromatic rings. The molecule has 2 unspecified atom stereocenters. The molecule has 2 heterocycles. The van der Waals surface area contributed by atoms with Gasteiger partial charge in [-0.2, -0.15) is 5.10 Å². The monoisotopic (exact) mass is 360 g/mol. The quantitative estimate of drug-likeness (QED) is 0.778. The average Bonchev–Trinajstić information content (AvgIpc) is 3.14. The molecule has 1 aliphatic heterocycles. The lowest BCUT2D eigenvalue weighted by molar-refractivity contribution is -0.134. The smallest absolute Gasteiger partial charge is 0.244 e. The Hall–Kier alpha value is -2.92. The number of hydrogen-bond acceptors (Lipinski definition) is 3. The second-order valence-corrected chi connectivity index (χ2v) is 7.05. The molecule has 4 rings (SSSR count). The molecule has 5 heteroatoms. The predicted octanol–water partition coefficient (Wildman–Crippen LogP) is 2.85. The molecule has 5 nitrogen and oxygen atoms in total. The summed E-state index contributed by atoms with van der Waals surface area (Å²) in [6.07, 6.45) is 3.65. The van der Waals surface area contributed by atoms with E-state index in [-0.39, 0.29) is 17.9 Å². The molecule has 0 radical (unpaired) electrons. The van der Waals surface area contributed by atoms with E-state index < -0.39 is 0 Å². The zero-order valence-electron chi connectivity index (χ0n) is 15.7. The Kier molecular flexibility index (Phi) is 4.77. The summed E-state index contributed by atoms with van der Waals surface area (Å²) in [5.41, 5.74) is 4.66. The first-order valence-corrected chi connectivity index (χ1v) is 9.24. The van der Waals surface area contributed by atoms with E-state index in [2.05, 4.69) is 52.9 Å². The first-order valence-electron chi connectivity index (χ1n) is 9.24. The minimum absolute atomic E-state index is 0.0842. The van der Waals surface area contributed by atoms with Crippen LogP contribution >= 0.6 is 0 Å². The number of fused-ring (bicyclic) bond motifs is 1. The van der Waals surface area contributed by atoms with Crippen molar-refractivity contribution in [3.63, 3.8) is 0 Å². The fourth-order valence-corrected chi connectivity index (χ4v) is 3.95. The van der Waals surface area contributed by atoms with Crippen LogP contribution in [0.4, 0.5) is 0 Å². The van der Waals surface area contributed by atoms with Gasteiger partial charge in [0.05, 0.1) is 6.20 Å². The number of nitrogens with zero attached hydrogens (tertiary/aromatic N) is 3. The number of amides is 1. The van der Waals surface area contributed by atoms with Crippen LogP contribution in [0.2, 0.25) is 0 Å². The van der Waals surface area contributed by atoms with Crippen molar-refractivity contribution in [2.75, 3.05) is 13.6 Å². The van der Waals surface area contributed by atoms with Gasteiger partial charge in [-0.25, -0.2) is 0 Å². The van der Waals surface area contributed by atoms with Gasteiger partial charge >= 0.3 is 0 Å². The second kappa shape index (κ2) is 7.37. The Labute approximate surface area is 159 Å². The average molecular weight is 360 g/mol. The van der Waals surface area contributed by atoms with Crippen molar-refractivity contribution >= 4 is 5.91 Å². The summed E-state index contributed by atoms with van der Waals surface area (Å²) in [4.78, 5) is 15.3. The number of likely N-dealkylation sites (N-methyl/N-ethyl adjacent to an activating group) is 1. The van der Waals surface area contributed by atoms with Gasteiger partial charge in [0.1, 0.15) is 6.04 Å². The summed E-state index contributed by atoms with van der Waals surface area (Å²) >= 11 is 0. The molecule has 2 aromatic carbocycles. The number of rotatable bonds is 4. The fourth-order valence-electron chi connectivity index (χ4n) is 3.95. The Balaban J connectivity index is 1.67. The number of nitrogens with one attached hydrogen (secondary N) is 1. The van der Waals surface area contributed by atoms with E-state index in [1.165, 1.54) is 16.7 Å². The molecule has 0 spiro atoms. The van der Waals surface area contributed by atoms with Crippen LogP contribution in [0.1, 0.15) is 34.2 Å². The summed E-state index contributed by atoms with van der Waals surface area (Å²) in [7, 11) is 3.69. The van der Waals surface area contributed by atoms with E-state index in [9.17, 15) is 4.79 Å². The molecular weight excluding hydrogens is 336 g/mol. The Morgan fingerprint density at radius 1 is 1.15 bits per heavy atom. The van der Waals surface area contributed by atoms with E-state index in [1.807, 2.05) is 37.3 Å². The van der Waals surface area contributed by atoms with Gasteiger partial charge in [-0.3, -0.25) is 9.48 Å². The minimum atomic E-state index is -0.389. The van der Waals surface area contributed by atoms with Gasteiger partial charge in [0.25, 0.3) is 0 Å². The SMILES string of the molecule is CNC(C(=O)N1Cc2ccccc2C(c2ccccc2)C1)c1cnn(C)c1. The highest BCUT2D eigenvalue weighted by Gasteiger charge is 2.32. The maximum absolute atomic E-state index is 13.4. The summed E-state index contributed by atoms with van der Waals surface area (Å²) in [6.45, 7) is 1.31. The number of carbonyl (C=O) groups is 1. The molecule has 0 saturated heterocycles. The molecule has 27 heavy (non-hydrogen) atoms. The number of benzene rings is 2. The maximum Gasteiger partial charge on any atom is 0.244 e. The molecule has 1 aliphatic rings. The third kappa shape index (κ3) is 3.38. The van der Waals surface area contributed by atoms with Crippen molar-refractivity contribution in [1.82, 2.24) is 20.0 Å². The van der Waals surface area contributed by atoms with Crippen LogP contribution in [-0.4, -0.2) is 34.2 Å². The molecule has 138 valence electrons. The molecule has 0 saturated carbocycles. The second-order valence-electron chi connectivity index (χ2n) is 7.05. The van der Waals surface area contributed by atoms with Gasteiger partial charge in [-0.1, -0.05) is 54.6 Å². The van der Waals surface area contributed by atoms with Crippen molar-refractivity contribution in [2.45, 2.75) is 18.5 Å². The van der Waals surface area contributed by atoms with E-state index in [0.29, 0.717) is 13.1 Å². The van der Waals surface area contributed by atoms with Crippen LogP contribution in [0.15, 0.2) is 67.0 Å². The third-order valence-electron chi connectivity index (χ3n) is 5.30. The zero-order valence-corrected chi connectivity index (χ0v) is 15.7. The standard InChI is InChI=1S/C22H24N4O/c1-23-21(18-12-24-25(2)13-18)22(27)26-14-17-10-6-7-11-19(17)20(15-26)16-8-4-3-5-9-16/h3-13,20-21,23H,14-15H2,1-2H3. The predicted molar refractivity (Wildman–Crippen MR) is 105 cm³/mol. The topological polar surface area (TPSA) is 50.2 Å². The third-order valence-corrected chi connectivity index (χ3v) is 5.30. The van der Waals surface area contributed by atoms with E-state index >= 15 is 0 Å². The van der Waals surface area contributed by atoms with E-state index in [1.54, 1.807) is 10.9 Å². The molecule has 2 atom stereocenters. The Bertz CT molecular complexity index is 934. The van der Waals surface area contributed by atoms with Crippen LogP contribution in [-0.2, 0) is 18.4 Å². The van der Waals surface area contributed by atoms with E-state index in [0.717, 1.165) is 5.56 Å². The van der Waals surface area contributed by atoms with Crippen molar-refractivity contribution in [3.05, 3.63) is 89.2 Å². The van der Waals surface area contributed by atoms with Crippen molar-refractivity contribution in [1.29, 1.82) is 0 Å². The van der Waals surface area contributed by atoms with Gasteiger partial charge in [-0.15, -0.1) is 0 Å². The summed E-state index contributed by atoms with van der Waals surface area (Å²) in [6, 6.07) is 18.5. The first kappa shape index (κ1) is 17.5. The zero-order chi connectivity index (χ0) is 18.8. The molecule has 1 amide bonds. The molecule has 0 fully saturated rings. The lowest BCUT2D eigenvalue weighted by Crippen LogP contribution is -2.44. The largest absolute Gasteiger partial charge is 0.336 e. The fraction of sp³-hybridized carbons (Fsp3) is 0.273. The maximum atomic E-state index is 13.4.